The number of benzene rings is 1. The largest absolute Gasteiger partial charge is 0.560 e. The smallest absolute Gasteiger partial charge is 0.299 e. The highest BCUT2D eigenvalue weighted by atomic mass is 79.9. The zero-order valence-corrected chi connectivity index (χ0v) is 14.0. The van der Waals surface area contributed by atoms with Gasteiger partial charge in [0, 0.05) is 6.54 Å². The van der Waals surface area contributed by atoms with E-state index in [2.05, 4.69) is 54.9 Å². The van der Waals surface area contributed by atoms with Crippen molar-refractivity contribution in [1.29, 1.82) is 0 Å². The minimum Gasteiger partial charge on any atom is -0.299 e. The van der Waals surface area contributed by atoms with Gasteiger partial charge in [0.05, 0.1) is 0 Å². The first-order chi connectivity index (χ1) is 7.86. The van der Waals surface area contributed by atoms with Crippen molar-refractivity contribution >= 4 is 41.8 Å². The lowest BCUT2D eigenvalue weighted by molar-refractivity contribution is 0.221. The number of nitrogens with zero attached hydrogens (tertiary/aromatic N) is 1. The summed E-state index contributed by atoms with van der Waals surface area (Å²) >= 11 is 6.44. The molecule has 0 aliphatic carbocycles. The maximum absolute atomic E-state index is 3.20. The Kier molecular flexibility index (Phi) is 9.25. The van der Waals surface area contributed by atoms with E-state index >= 15 is 0 Å². The molecular formula is C12H16Br2MgN. The quantitative estimate of drug-likeness (QED) is 0.728. The van der Waals surface area contributed by atoms with Crippen LogP contribution in [0.3, 0.4) is 0 Å². The number of hydrogen-bond acceptors (Lipinski definition) is 1. The highest BCUT2D eigenvalue weighted by Gasteiger charge is 2.09. The fourth-order valence-electron chi connectivity index (χ4n) is 1.90. The van der Waals surface area contributed by atoms with E-state index in [0.29, 0.717) is 0 Å². The van der Waals surface area contributed by atoms with E-state index in [9.17, 15) is 0 Å². The van der Waals surface area contributed by atoms with Crippen LogP contribution in [0.25, 0.3) is 0 Å². The summed E-state index contributed by atoms with van der Waals surface area (Å²) in [6.07, 6.45) is 4.16. The van der Waals surface area contributed by atoms with Crippen molar-refractivity contribution < 1.29 is 0 Å². The van der Waals surface area contributed by atoms with E-state index < -0.39 is 0 Å². The minimum absolute atomic E-state index is 0.0417. The van der Waals surface area contributed by atoms with E-state index in [1.54, 1.807) is 0 Å². The fraction of sp³-hybridized carbons (Fsp3) is 0.500. The predicted molar refractivity (Wildman–Crippen MR) is 78.0 cm³/mol. The van der Waals surface area contributed by atoms with Gasteiger partial charge in [-0.1, -0.05) is 24.6 Å². The second kappa shape index (κ2) is 9.89. The summed E-state index contributed by atoms with van der Waals surface area (Å²) < 4.78 is 0. The van der Waals surface area contributed by atoms with Gasteiger partial charge < -0.3 is 0 Å². The fourth-order valence-corrected chi connectivity index (χ4v) is 1.90. The normalized spacial score (nSPS) is 15.9. The molecule has 2 rings (SSSR count). The third kappa shape index (κ3) is 6.60. The molecule has 0 saturated carbocycles. The van der Waals surface area contributed by atoms with E-state index in [1.165, 1.54) is 37.9 Å². The van der Waals surface area contributed by atoms with Crippen LogP contribution < -0.4 is 0 Å². The summed E-state index contributed by atoms with van der Waals surface area (Å²) in [5, 5.41) is 0. The zero-order valence-electron chi connectivity index (χ0n) is 9.46. The van der Waals surface area contributed by atoms with Gasteiger partial charge in [-0.05, 0) is 43.6 Å². The summed E-state index contributed by atoms with van der Waals surface area (Å²) in [6.45, 7) is 3.65. The Labute approximate surface area is 120 Å². The van der Waals surface area contributed by atoms with E-state index in [-0.39, 0.29) is 16.0 Å². The van der Waals surface area contributed by atoms with Crippen molar-refractivity contribution in [3.8, 4) is 0 Å². The lowest BCUT2D eigenvalue weighted by Gasteiger charge is -2.26. The molecule has 16 heavy (non-hydrogen) atoms. The lowest BCUT2D eigenvalue weighted by atomic mass is 10.1. The molecule has 4 heteroatoms. The van der Waals surface area contributed by atoms with Gasteiger partial charge in [-0.2, -0.15) is 0 Å². The number of likely N-dealkylation sites (tertiary alicyclic amines) is 1. The summed E-state index contributed by atoms with van der Waals surface area (Å²) in [7, 11) is 0. The molecule has 0 unspecified atom stereocenters. The topological polar surface area (TPSA) is 3.24 Å². The van der Waals surface area contributed by atoms with Crippen LogP contribution in [-0.2, 0) is 6.54 Å². The molecule has 1 aliphatic rings. The molecule has 1 aromatic carbocycles. The van der Waals surface area contributed by atoms with E-state index in [4.69, 9.17) is 0 Å². The molecule has 0 amide bonds. The molecular weight excluding hydrogens is 342 g/mol. The third-order valence-corrected chi connectivity index (χ3v) is 2.63. The summed E-state index contributed by atoms with van der Waals surface area (Å²) in [5.74, 6) is 0. The van der Waals surface area contributed by atoms with Crippen molar-refractivity contribution in [3.05, 3.63) is 35.9 Å². The van der Waals surface area contributed by atoms with Crippen LogP contribution in [0.15, 0.2) is 24.3 Å². The monoisotopic (exact) mass is 356 g/mol. The first-order valence-corrected chi connectivity index (χ1v) is 13.5. The number of halogens is 2. The van der Waals surface area contributed by atoms with E-state index in [1.807, 2.05) is 6.07 Å². The average Bonchev–Trinajstić information content (AvgIpc) is 2.33. The number of piperidine rings is 1. The highest BCUT2D eigenvalue weighted by molar-refractivity contribution is 9.47. The Morgan fingerprint density at radius 1 is 1.25 bits per heavy atom. The van der Waals surface area contributed by atoms with Crippen LogP contribution in [0.2, 0.25) is 0 Å². The SMILES string of the molecule is [Br][Mg][Br].[c]1cccc(CN2CCCCC2)c1. The van der Waals surface area contributed by atoms with Crippen LogP contribution in [0, 0.1) is 6.07 Å². The van der Waals surface area contributed by atoms with Crippen LogP contribution in [0.5, 0.6) is 0 Å². The Morgan fingerprint density at radius 3 is 2.50 bits per heavy atom. The maximum atomic E-state index is 3.20. The van der Waals surface area contributed by atoms with Gasteiger partial charge in [-0.15, -0.1) is 0 Å². The Morgan fingerprint density at radius 2 is 1.94 bits per heavy atom. The van der Waals surface area contributed by atoms with Crippen LogP contribution in [0.4, 0.5) is 0 Å². The molecule has 1 heterocycles. The van der Waals surface area contributed by atoms with Gasteiger partial charge in [0.25, 0.3) is 0 Å². The van der Waals surface area contributed by atoms with Gasteiger partial charge in [0.2, 0.25) is 0 Å². The predicted octanol–water partition coefficient (Wildman–Crippen LogP) is 3.78. The molecule has 0 aromatic heterocycles. The van der Waals surface area contributed by atoms with Crippen molar-refractivity contribution in [3.63, 3.8) is 0 Å². The van der Waals surface area contributed by atoms with Gasteiger partial charge in [0.15, 0.2) is 0 Å². The molecule has 1 nitrogen and oxygen atoms in total. The Bertz CT molecular complexity index is 263. The molecule has 1 aromatic rings. The third-order valence-electron chi connectivity index (χ3n) is 2.63. The molecule has 0 bridgehead atoms. The van der Waals surface area contributed by atoms with Crippen molar-refractivity contribution in [2.75, 3.05) is 13.1 Å². The zero-order chi connectivity index (χ0) is 11.6. The van der Waals surface area contributed by atoms with Gasteiger partial charge in [0.1, 0.15) is 0 Å². The summed E-state index contributed by atoms with van der Waals surface area (Å²) in [4.78, 5) is 2.53. The lowest BCUT2D eigenvalue weighted by Crippen LogP contribution is -2.28. The van der Waals surface area contributed by atoms with Crippen molar-refractivity contribution in [1.82, 2.24) is 4.90 Å². The van der Waals surface area contributed by atoms with Crippen LogP contribution in [0.1, 0.15) is 24.8 Å². The molecule has 0 N–H and O–H groups in total. The second-order valence-electron chi connectivity index (χ2n) is 3.85. The minimum atomic E-state index is 0.0417. The Hall–Kier alpha value is 0.906. The molecule has 1 aliphatic heterocycles. The number of hydrogen-bond donors (Lipinski definition) is 0. The van der Waals surface area contributed by atoms with Crippen molar-refractivity contribution in [2.45, 2.75) is 25.8 Å². The van der Waals surface area contributed by atoms with Crippen molar-refractivity contribution in [2.24, 2.45) is 0 Å². The molecule has 0 spiro atoms. The standard InChI is InChI=1S/C12H16N.2BrH.Mg/c1-3-7-12(8-4-1)11-13-9-5-2-6-10-13;;;/h1,3,7-8H,2,5-6,9-11H2;2*1H;/q;;;+2/p-2. The average molecular weight is 358 g/mol. The van der Waals surface area contributed by atoms with Crippen LogP contribution >= 0.6 is 25.8 Å². The maximum Gasteiger partial charge on any atom is 0.560 e. The Balaban J connectivity index is 0.000000386. The van der Waals surface area contributed by atoms with Crippen LogP contribution in [-0.4, -0.2) is 34.0 Å². The first-order valence-electron chi connectivity index (χ1n) is 5.66. The van der Waals surface area contributed by atoms with Gasteiger partial charge >= 0.3 is 16.0 Å². The molecule has 1 saturated heterocycles. The second-order valence-corrected chi connectivity index (χ2v) is 11.9. The van der Waals surface area contributed by atoms with Gasteiger partial charge in [-0.3, -0.25) is 30.7 Å². The summed E-state index contributed by atoms with van der Waals surface area (Å²) in [6, 6.07) is 11.4. The molecule has 1 fully saturated rings. The van der Waals surface area contributed by atoms with Gasteiger partial charge in [-0.25, -0.2) is 0 Å². The first kappa shape index (κ1) is 15.0. The molecule has 0 atom stereocenters. The number of rotatable bonds is 2. The summed E-state index contributed by atoms with van der Waals surface area (Å²) in [5.41, 5.74) is 1.39. The van der Waals surface area contributed by atoms with E-state index in [0.717, 1.165) is 6.54 Å². The molecule has 85 valence electrons. The molecule has 1 radical (unpaired) electrons. The highest BCUT2D eigenvalue weighted by Crippen LogP contribution is 2.12.